The number of H-pyrrole nitrogens is 1. The van der Waals surface area contributed by atoms with E-state index in [1.807, 2.05) is 24.3 Å². The number of para-hydroxylation sites is 2. The molecule has 0 saturated heterocycles. The van der Waals surface area contributed by atoms with E-state index in [0.29, 0.717) is 13.1 Å². The van der Waals surface area contributed by atoms with Crippen molar-refractivity contribution in [3.63, 3.8) is 0 Å². The lowest BCUT2D eigenvalue weighted by molar-refractivity contribution is -0.384. The van der Waals surface area contributed by atoms with Gasteiger partial charge in [0.2, 0.25) is 0 Å². The van der Waals surface area contributed by atoms with Crippen molar-refractivity contribution in [2.75, 3.05) is 0 Å². The van der Waals surface area contributed by atoms with Crippen molar-refractivity contribution in [1.29, 1.82) is 0 Å². The third kappa shape index (κ3) is 3.06. The van der Waals surface area contributed by atoms with Crippen LogP contribution in [0.15, 0.2) is 48.5 Å². The van der Waals surface area contributed by atoms with Crippen molar-refractivity contribution in [1.82, 2.24) is 15.3 Å². The Bertz CT molecular complexity index is 732. The minimum atomic E-state index is -0.397. The van der Waals surface area contributed by atoms with Gasteiger partial charge in [-0.1, -0.05) is 24.3 Å². The lowest BCUT2D eigenvalue weighted by Crippen LogP contribution is -2.13. The summed E-state index contributed by atoms with van der Waals surface area (Å²) in [5, 5.41) is 13.8. The molecule has 106 valence electrons. The fourth-order valence-corrected chi connectivity index (χ4v) is 2.15. The van der Waals surface area contributed by atoms with Crippen LogP contribution in [0.4, 0.5) is 5.69 Å². The van der Waals surface area contributed by atoms with Crippen LogP contribution in [-0.4, -0.2) is 14.9 Å². The number of nitro groups is 1. The SMILES string of the molecule is O=[N+]([O-])c1ccc(CNCc2nc3ccccc3[nH]2)cc1. The molecule has 0 aliphatic rings. The second kappa shape index (κ2) is 5.72. The number of nitro benzene ring substituents is 1. The van der Waals surface area contributed by atoms with E-state index in [0.717, 1.165) is 22.4 Å². The van der Waals surface area contributed by atoms with E-state index in [1.165, 1.54) is 12.1 Å². The normalized spacial score (nSPS) is 10.9. The number of imidazole rings is 1. The van der Waals surface area contributed by atoms with Gasteiger partial charge in [-0.05, 0) is 17.7 Å². The van der Waals surface area contributed by atoms with Gasteiger partial charge in [0.25, 0.3) is 5.69 Å². The Labute approximate surface area is 121 Å². The van der Waals surface area contributed by atoms with Crippen molar-refractivity contribution in [2.24, 2.45) is 0 Å². The maximum Gasteiger partial charge on any atom is 0.269 e. The molecule has 0 spiro atoms. The highest BCUT2D eigenvalue weighted by atomic mass is 16.6. The zero-order valence-corrected chi connectivity index (χ0v) is 11.2. The van der Waals surface area contributed by atoms with Gasteiger partial charge in [0.05, 0.1) is 22.5 Å². The number of nitrogens with zero attached hydrogens (tertiary/aromatic N) is 2. The van der Waals surface area contributed by atoms with Crippen LogP contribution in [-0.2, 0) is 13.1 Å². The smallest absolute Gasteiger partial charge is 0.269 e. The summed E-state index contributed by atoms with van der Waals surface area (Å²) in [7, 11) is 0. The van der Waals surface area contributed by atoms with Gasteiger partial charge in [0.1, 0.15) is 5.82 Å². The molecular formula is C15H14N4O2. The zero-order valence-electron chi connectivity index (χ0n) is 11.2. The molecule has 0 unspecified atom stereocenters. The summed E-state index contributed by atoms with van der Waals surface area (Å²) in [5.74, 6) is 0.873. The maximum atomic E-state index is 10.6. The predicted molar refractivity (Wildman–Crippen MR) is 79.7 cm³/mol. The van der Waals surface area contributed by atoms with Gasteiger partial charge >= 0.3 is 0 Å². The predicted octanol–water partition coefficient (Wildman–Crippen LogP) is 2.76. The molecule has 0 amide bonds. The first kappa shape index (κ1) is 13.3. The van der Waals surface area contributed by atoms with Crippen molar-refractivity contribution in [3.8, 4) is 0 Å². The largest absolute Gasteiger partial charge is 0.341 e. The van der Waals surface area contributed by atoms with Crippen LogP contribution in [0.1, 0.15) is 11.4 Å². The van der Waals surface area contributed by atoms with E-state index < -0.39 is 4.92 Å². The monoisotopic (exact) mass is 282 g/mol. The van der Waals surface area contributed by atoms with Gasteiger partial charge in [-0.2, -0.15) is 0 Å². The van der Waals surface area contributed by atoms with Gasteiger partial charge in [-0.25, -0.2) is 4.98 Å². The molecule has 0 aliphatic heterocycles. The standard InChI is InChI=1S/C15H14N4O2/c20-19(21)12-7-5-11(6-8-12)9-16-10-15-17-13-3-1-2-4-14(13)18-15/h1-8,16H,9-10H2,(H,17,18). The number of aromatic nitrogens is 2. The molecule has 3 rings (SSSR count). The van der Waals surface area contributed by atoms with Gasteiger partial charge in [-0.15, -0.1) is 0 Å². The van der Waals surface area contributed by atoms with E-state index in [2.05, 4.69) is 15.3 Å². The summed E-state index contributed by atoms with van der Waals surface area (Å²) in [6, 6.07) is 14.4. The number of benzene rings is 2. The first-order valence-corrected chi connectivity index (χ1v) is 6.60. The summed E-state index contributed by atoms with van der Waals surface area (Å²) in [6.07, 6.45) is 0. The first-order chi connectivity index (χ1) is 10.2. The molecule has 0 fully saturated rings. The van der Waals surface area contributed by atoms with Crippen LogP contribution < -0.4 is 5.32 Å². The van der Waals surface area contributed by atoms with Crippen molar-refractivity contribution < 1.29 is 4.92 Å². The number of non-ortho nitro benzene ring substituents is 1. The van der Waals surface area contributed by atoms with Crippen LogP contribution >= 0.6 is 0 Å². The molecule has 0 atom stereocenters. The van der Waals surface area contributed by atoms with Crippen LogP contribution in [0.25, 0.3) is 11.0 Å². The minimum absolute atomic E-state index is 0.107. The quantitative estimate of drug-likeness (QED) is 0.556. The molecule has 21 heavy (non-hydrogen) atoms. The zero-order chi connectivity index (χ0) is 14.7. The van der Waals surface area contributed by atoms with Crippen LogP contribution in [0.3, 0.4) is 0 Å². The Balaban J connectivity index is 1.59. The third-order valence-electron chi connectivity index (χ3n) is 3.21. The number of hydrogen-bond donors (Lipinski definition) is 2. The Hall–Kier alpha value is -2.73. The fraction of sp³-hybridized carbons (Fsp3) is 0.133. The lowest BCUT2D eigenvalue weighted by atomic mass is 10.2. The van der Waals surface area contributed by atoms with E-state index >= 15 is 0 Å². The number of aromatic amines is 1. The first-order valence-electron chi connectivity index (χ1n) is 6.60. The molecule has 0 radical (unpaired) electrons. The molecule has 3 aromatic rings. The summed E-state index contributed by atoms with van der Waals surface area (Å²) >= 11 is 0. The van der Waals surface area contributed by atoms with Gasteiger partial charge in [0, 0.05) is 18.7 Å². The van der Waals surface area contributed by atoms with E-state index in [9.17, 15) is 10.1 Å². The molecule has 0 bridgehead atoms. The van der Waals surface area contributed by atoms with Gasteiger partial charge in [0.15, 0.2) is 0 Å². The topological polar surface area (TPSA) is 83.8 Å². The average Bonchev–Trinajstić information content (AvgIpc) is 2.90. The number of hydrogen-bond acceptors (Lipinski definition) is 4. The Kier molecular flexibility index (Phi) is 3.61. The molecule has 0 saturated carbocycles. The molecule has 6 heteroatoms. The molecule has 0 aliphatic carbocycles. The van der Waals surface area contributed by atoms with E-state index in [-0.39, 0.29) is 5.69 Å². The molecule has 6 nitrogen and oxygen atoms in total. The van der Waals surface area contributed by atoms with E-state index in [1.54, 1.807) is 12.1 Å². The summed E-state index contributed by atoms with van der Waals surface area (Å²) in [5.41, 5.74) is 3.07. The molecular weight excluding hydrogens is 268 g/mol. The Morgan fingerprint density at radius 1 is 1.10 bits per heavy atom. The minimum Gasteiger partial charge on any atom is -0.341 e. The molecule has 1 aromatic heterocycles. The number of nitrogens with one attached hydrogen (secondary N) is 2. The fourth-order valence-electron chi connectivity index (χ4n) is 2.15. The highest BCUT2D eigenvalue weighted by Gasteiger charge is 2.04. The molecule has 1 heterocycles. The third-order valence-corrected chi connectivity index (χ3v) is 3.21. The Morgan fingerprint density at radius 3 is 2.57 bits per heavy atom. The van der Waals surface area contributed by atoms with Crippen LogP contribution in [0, 0.1) is 10.1 Å². The van der Waals surface area contributed by atoms with Crippen molar-refractivity contribution in [2.45, 2.75) is 13.1 Å². The Morgan fingerprint density at radius 2 is 1.86 bits per heavy atom. The lowest BCUT2D eigenvalue weighted by Gasteiger charge is -2.02. The molecule has 2 N–H and O–H groups in total. The van der Waals surface area contributed by atoms with Gasteiger partial charge in [-0.3, -0.25) is 10.1 Å². The highest BCUT2D eigenvalue weighted by Crippen LogP contribution is 2.12. The summed E-state index contributed by atoms with van der Waals surface area (Å²) in [6.45, 7) is 1.25. The van der Waals surface area contributed by atoms with Crippen LogP contribution in [0.5, 0.6) is 0 Å². The summed E-state index contributed by atoms with van der Waals surface area (Å²) in [4.78, 5) is 17.9. The second-order valence-corrected chi connectivity index (χ2v) is 4.73. The number of rotatable bonds is 5. The highest BCUT2D eigenvalue weighted by molar-refractivity contribution is 5.74. The average molecular weight is 282 g/mol. The van der Waals surface area contributed by atoms with Gasteiger partial charge < -0.3 is 10.3 Å². The summed E-state index contributed by atoms with van der Waals surface area (Å²) < 4.78 is 0. The molecule has 2 aromatic carbocycles. The van der Waals surface area contributed by atoms with E-state index in [4.69, 9.17) is 0 Å². The van der Waals surface area contributed by atoms with Crippen LogP contribution in [0.2, 0.25) is 0 Å². The number of fused-ring (bicyclic) bond motifs is 1. The van der Waals surface area contributed by atoms with Crippen molar-refractivity contribution >= 4 is 16.7 Å². The second-order valence-electron chi connectivity index (χ2n) is 4.73. The van der Waals surface area contributed by atoms with Crippen molar-refractivity contribution in [3.05, 3.63) is 70.0 Å². The maximum absolute atomic E-state index is 10.6.